The van der Waals surface area contributed by atoms with Crippen molar-refractivity contribution in [3.8, 4) is 0 Å². The average molecular weight is 1350 g/mol. The van der Waals surface area contributed by atoms with Crippen LogP contribution in [0.1, 0.15) is 381 Å². The molecule has 0 aliphatic heterocycles. The highest BCUT2D eigenvalue weighted by molar-refractivity contribution is 7.47. The first kappa shape index (κ1) is 90.1. The number of aliphatic hydroxyl groups is 1. The molecule has 92 heavy (non-hydrogen) atoms. The molecule has 6 atom stereocenters. The van der Waals surface area contributed by atoms with Crippen LogP contribution < -0.4 is 0 Å². The van der Waals surface area contributed by atoms with Crippen molar-refractivity contribution in [2.24, 2.45) is 5.92 Å². The number of carbonyl (C=O) groups excluding carboxylic acids is 4. The molecule has 19 heteroatoms. The minimum absolute atomic E-state index is 0.107. The number of carbonyl (C=O) groups is 4. The van der Waals surface area contributed by atoms with E-state index in [2.05, 4.69) is 34.6 Å². The molecule has 0 rings (SSSR count). The first-order valence-corrected chi connectivity index (χ1v) is 41.2. The van der Waals surface area contributed by atoms with Crippen LogP contribution in [0.2, 0.25) is 0 Å². The quantitative estimate of drug-likeness (QED) is 0.0222. The molecular weight excluding hydrogens is 1210 g/mol. The summed E-state index contributed by atoms with van der Waals surface area (Å²) in [5, 5.41) is 10.6. The highest BCUT2D eigenvalue weighted by Gasteiger charge is 2.30. The van der Waals surface area contributed by atoms with Gasteiger partial charge in [0.05, 0.1) is 26.4 Å². The van der Waals surface area contributed by atoms with Crippen molar-refractivity contribution in [1.29, 1.82) is 0 Å². The molecule has 0 aromatic carbocycles. The molecule has 0 aliphatic carbocycles. The lowest BCUT2D eigenvalue weighted by Crippen LogP contribution is -2.30. The van der Waals surface area contributed by atoms with E-state index in [1.807, 2.05) is 0 Å². The second kappa shape index (κ2) is 66.3. The van der Waals surface area contributed by atoms with Crippen molar-refractivity contribution in [2.75, 3.05) is 39.6 Å². The van der Waals surface area contributed by atoms with Crippen LogP contribution in [0.4, 0.5) is 0 Å². The van der Waals surface area contributed by atoms with E-state index in [9.17, 15) is 43.2 Å². The predicted octanol–water partition coefficient (Wildman–Crippen LogP) is 21.3. The summed E-state index contributed by atoms with van der Waals surface area (Å²) in [6.07, 6.45) is 54.4. The molecule has 0 fully saturated rings. The highest BCUT2D eigenvalue weighted by atomic mass is 31.2. The molecule has 3 N–H and O–H groups in total. The lowest BCUT2D eigenvalue weighted by molar-refractivity contribution is -0.161. The van der Waals surface area contributed by atoms with Gasteiger partial charge in [0.1, 0.15) is 19.3 Å². The van der Waals surface area contributed by atoms with Gasteiger partial charge in [-0.3, -0.25) is 37.3 Å². The fourth-order valence-electron chi connectivity index (χ4n) is 11.1. The SMILES string of the molecule is CCCCCCCCCCCCCCCCCCCCCCCCC(=O)O[C@H](COC(=O)CCCCCCCCCCC(C)CC)COP(=O)(O)OC[C@@H](O)COP(=O)(O)OC[C@@H](COC(=O)CCCCCCCCC)OC(=O)CCCCCCCCCCCCC. The van der Waals surface area contributed by atoms with Gasteiger partial charge < -0.3 is 33.8 Å². The van der Waals surface area contributed by atoms with Crippen molar-refractivity contribution in [3.05, 3.63) is 0 Å². The Morgan fingerprint density at radius 1 is 0.304 bits per heavy atom. The Labute approximate surface area is 562 Å². The van der Waals surface area contributed by atoms with Crippen molar-refractivity contribution in [2.45, 2.75) is 400 Å². The van der Waals surface area contributed by atoms with Crippen molar-refractivity contribution >= 4 is 39.5 Å². The van der Waals surface area contributed by atoms with Crippen LogP contribution in [0.5, 0.6) is 0 Å². The van der Waals surface area contributed by atoms with Gasteiger partial charge >= 0.3 is 39.5 Å². The standard InChI is InChI=1S/C73H142O17P2/c1-6-10-13-16-19-21-23-24-25-26-27-28-29-30-31-32-33-35-37-44-49-54-59-73(78)90-69(63-84-71(76)57-52-47-42-39-38-41-45-50-55-66(5)9-4)65-88-92(81,82)86-61-67(74)60-85-91(79,80)87-64-68(62-83-70(75)56-51-46-40-18-15-12-8-3)89-72(77)58-53-48-43-36-34-22-20-17-14-11-7-2/h66-69,74H,6-65H2,1-5H3,(H,79,80)(H,81,82)/t66?,67-,68+,69+/m0/s1. The maximum Gasteiger partial charge on any atom is 0.472 e. The number of phosphoric acid groups is 2. The van der Waals surface area contributed by atoms with E-state index in [0.29, 0.717) is 25.7 Å². The Morgan fingerprint density at radius 2 is 0.522 bits per heavy atom. The Hall–Kier alpha value is -1.94. The number of hydrogen-bond acceptors (Lipinski definition) is 15. The third-order valence-electron chi connectivity index (χ3n) is 17.4. The number of phosphoric ester groups is 2. The highest BCUT2D eigenvalue weighted by Crippen LogP contribution is 2.45. The first-order valence-electron chi connectivity index (χ1n) is 38.2. The van der Waals surface area contributed by atoms with Crippen LogP contribution in [0, 0.1) is 5.92 Å². The summed E-state index contributed by atoms with van der Waals surface area (Å²) in [5.41, 5.74) is 0. The normalized spacial score (nSPS) is 14.3. The molecule has 0 heterocycles. The number of unbranched alkanes of at least 4 members (excludes halogenated alkanes) is 44. The molecule has 0 saturated heterocycles. The number of esters is 4. The van der Waals surface area contributed by atoms with E-state index < -0.39 is 97.5 Å². The lowest BCUT2D eigenvalue weighted by Gasteiger charge is -2.21. The predicted molar refractivity (Wildman–Crippen MR) is 372 cm³/mol. The fraction of sp³-hybridized carbons (Fsp3) is 0.945. The van der Waals surface area contributed by atoms with Gasteiger partial charge in [-0.1, -0.05) is 330 Å². The van der Waals surface area contributed by atoms with Gasteiger partial charge in [-0.15, -0.1) is 0 Å². The van der Waals surface area contributed by atoms with Crippen molar-refractivity contribution in [1.82, 2.24) is 0 Å². The van der Waals surface area contributed by atoms with Crippen LogP contribution in [0.25, 0.3) is 0 Å². The Balaban J connectivity index is 5.13. The van der Waals surface area contributed by atoms with Gasteiger partial charge in [-0.05, 0) is 31.6 Å². The molecule has 0 bridgehead atoms. The second-order valence-electron chi connectivity index (χ2n) is 26.6. The summed E-state index contributed by atoms with van der Waals surface area (Å²) < 4.78 is 68.2. The van der Waals surface area contributed by atoms with Crippen LogP contribution in [-0.4, -0.2) is 96.7 Å². The number of rotatable bonds is 73. The topological polar surface area (TPSA) is 237 Å². The van der Waals surface area contributed by atoms with Gasteiger partial charge in [0.15, 0.2) is 12.2 Å². The summed E-state index contributed by atoms with van der Waals surface area (Å²) in [7, 11) is -9.90. The number of hydrogen-bond donors (Lipinski definition) is 3. The fourth-order valence-corrected chi connectivity index (χ4v) is 12.7. The van der Waals surface area contributed by atoms with E-state index in [-0.39, 0.29) is 25.7 Å². The average Bonchev–Trinajstić information content (AvgIpc) is 1.70. The van der Waals surface area contributed by atoms with E-state index in [0.717, 1.165) is 109 Å². The third kappa shape index (κ3) is 65.4. The monoisotopic (exact) mass is 1350 g/mol. The summed E-state index contributed by atoms with van der Waals surface area (Å²) >= 11 is 0. The molecule has 0 saturated carbocycles. The maximum atomic E-state index is 13.0. The maximum absolute atomic E-state index is 13.0. The molecule has 0 aliphatic rings. The summed E-state index contributed by atoms with van der Waals surface area (Å²) in [4.78, 5) is 72.5. The molecule has 17 nitrogen and oxygen atoms in total. The molecule has 0 amide bonds. The summed E-state index contributed by atoms with van der Waals surface area (Å²) in [5.74, 6) is -1.35. The van der Waals surface area contributed by atoms with Crippen molar-refractivity contribution < 1.29 is 80.2 Å². The van der Waals surface area contributed by atoms with Gasteiger partial charge in [0, 0.05) is 25.7 Å². The van der Waals surface area contributed by atoms with Crippen molar-refractivity contribution in [3.63, 3.8) is 0 Å². The minimum atomic E-state index is -4.95. The summed E-state index contributed by atoms with van der Waals surface area (Å²) in [6, 6.07) is 0. The van der Waals surface area contributed by atoms with Gasteiger partial charge in [-0.25, -0.2) is 9.13 Å². The van der Waals surface area contributed by atoms with E-state index >= 15 is 0 Å². The molecule has 0 aromatic rings. The van der Waals surface area contributed by atoms with Gasteiger partial charge in [0.25, 0.3) is 0 Å². The van der Waals surface area contributed by atoms with E-state index in [4.69, 9.17) is 37.0 Å². The first-order chi connectivity index (χ1) is 44.6. The smallest absolute Gasteiger partial charge is 0.462 e. The van der Waals surface area contributed by atoms with Gasteiger partial charge in [0.2, 0.25) is 0 Å². The number of ether oxygens (including phenoxy) is 4. The van der Waals surface area contributed by atoms with E-state index in [1.54, 1.807) is 0 Å². The number of aliphatic hydroxyl groups excluding tert-OH is 1. The van der Waals surface area contributed by atoms with Crippen LogP contribution in [0.15, 0.2) is 0 Å². The van der Waals surface area contributed by atoms with Crippen LogP contribution in [0.3, 0.4) is 0 Å². The zero-order valence-electron chi connectivity index (χ0n) is 59.7. The second-order valence-corrected chi connectivity index (χ2v) is 29.5. The Kier molecular flexibility index (Phi) is 64.9. The largest absolute Gasteiger partial charge is 0.472 e. The van der Waals surface area contributed by atoms with Gasteiger partial charge in [-0.2, -0.15) is 0 Å². The zero-order valence-corrected chi connectivity index (χ0v) is 61.5. The van der Waals surface area contributed by atoms with Crippen LogP contribution in [-0.2, 0) is 65.4 Å². The molecule has 3 unspecified atom stereocenters. The van der Waals surface area contributed by atoms with Crippen LogP contribution >= 0.6 is 15.6 Å². The minimum Gasteiger partial charge on any atom is -0.462 e. The summed E-state index contributed by atoms with van der Waals surface area (Å²) in [6.45, 7) is 7.22. The molecule has 0 aromatic heterocycles. The molecular formula is C73H142O17P2. The zero-order chi connectivity index (χ0) is 67.7. The lowest BCUT2D eigenvalue weighted by atomic mass is 9.99. The molecule has 0 radical (unpaired) electrons. The Bertz CT molecular complexity index is 1770. The van der Waals surface area contributed by atoms with E-state index in [1.165, 1.54) is 193 Å². The molecule has 546 valence electrons. The third-order valence-corrected chi connectivity index (χ3v) is 19.3. The Morgan fingerprint density at radius 3 is 0.772 bits per heavy atom. The molecule has 0 spiro atoms.